The molecule has 0 spiro atoms. The Labute approximate surface area is 136 Å². The molecule has 20 heavy (non-hydrogen) atoms. The molecule has 0 aliphatic carbocycles. The smallest absolute Gasteiger partial charge is 0.00452 e. The van der Waals surface area contributed by atoms with Crippen molar-refractivity contribution in [3.63, 3.8) is 0 Å². The van der Waals surface area contributed by atoms with Gasteiger partial charge in [0, 0.05) is 0 Å². The van der Waals surface area contributed by atoms with Crippen LogP contribution in [0, 0.1) is 34.6 Å². The lowest BCUT2D eigenvalue weighted by atomic mass is 9.84. The van der Waals surface area contributed by atoms with E-state index in [1.54, 1.807) is 0 Å². The molecule has 0 aromatic heterocycles. The summed E-state index contributed by atoms with van der Waals surface area (Å²) in [5.74, 6) is 0. The van der Waals surface area contributed by atoms with Crippen LogP contribution < -0.4 is 0 Å². The van der Waals surface area contributed by atoms with Crippen molar-refractivity contribution in [1.82, 2.24) is 0 Å². The minimum atomic E-state index is 1.29. The predicted molar refractivity (Wildman–Crippen MR) is 97.7 cm³/mol. The fourth-order valence-electron chi connectivity index (χ4n) is 2.78. The summed E-state index contributed by atoms with van der Waals surface area (Å²) in [7, 11) is 0. The number of hydrogen-bond donors (Lipinski definition) is 0. The van der Waals surface area contributed by atoms with Crippen molar-refractivity contribution >= 4 is 28.2 Å². The van der Waals surface area contributed by atoms with Crippen LogP contribution in [0.5, 0.6) is 0 Å². The van der Waals surface area contributed by atoms with Gasteiger partial charge in [0.05, 0.1) is 0 Å². The number of rotatable bonds is 2. The molecule has 0 amide bonds. The molecule has 0 atom stereocenters. The molecular formula is C19H21I. The molecule has 0 bridgehead atoms. The first-order chi connectivity index (χ1) is 9.49. The van der Waals surface area contributed by atoms with E-state index in [1.807, 2.05) is 0 Å². The maximum atomic E-state index is 2.36. The Bertz CT molecular complexity index is 635. The summed E-state index contributed by atoms with van der Waals surface area (Å²) >= 11 is 2.36. The minimum absolute atomic E-state index is 1.29. The van der Waals surface area contributed by atoms with E-state index in [9.17, 15) is 0 Å². The lowest BCUT2D eigenvalue weighted by Crippen LogP contribution is -2.03. The van der Waals surface area contributed by atoms with Gasteiger partial charge in [-0.15, -0.1) is 0 Å². The topological polar surface area (TPSA) is 0 Å². The monoisotopic (exact) mass is 376 g/mol. The molecular weight excluding hydrogens is 355 g/mol. The molecule has 2 rings (SSSR count). The Morgan fingerprint density at radius 3 is 1.65 bits per heavy atom. The summed E-state index contributed by atoms with van der Waals surface area (Å²) in [4.78, 5) is 0. The largest absolute Gasteiger partial charge is 0.0622 e. The zero-order valence-electron chi connectivity index (χ0n) is 12.8. The number of benzene rings is 2. The van der Waals surface area contributed by atoms with Crippen molar-refractivity contribution in [2.75, 3.05) is 0 Å². The summed E-state index contributed by atoms with van der Waals surface area (Å²) in [6, 6.07) is 10.7. The highest BCUT2D eigenvalue weighted by molar-refractivity contribution is 14.1. The third-order valence-corrected chi connectivity index (χ3v) is 5.09. The quantitative estimate of drug-likeness (QED) is 0.560. The highest BCUT2D eigenvalue weighted by atomic mass is 127. The highest BCUT2D eigenvalue weighted by Crippen LogP contribution is 2.35. The van der Waals surface area contributed by atoms with Crippen molar-refractivity contribution < 1.29 is 0 Å². The van der Waals surface area contributed by atoms with E-state index in [0.29, 0.717) is 0 Å². The fraction of sp³-hybridized carbons (Fsp3) is 0.263. The first-order valence-electron chi connectivity index (χ1n) is 6.92. The summed E-state index contributed by atoms with van der Waals surface area (Å²) in [6.45, 7) is 11.2. The summed E-state index contributed by atoms with van der Waals surface area (Å²) in [6.07, 6.45) is 0. The van der Waals surface area contributed by atoms with Crippen LogP contribution in [0.3, 0.4) is 0 Å². The van der Waals surface area contributed by atoms with E-state index in [1.165, 1.54) is 44.5 Å². The normalized spacial score (nSPS) is 11.8. The first kappa shape index (κ1) is 15.3. The molecule has 0 saturated heterocycles. The van der Waals surface area contributed by atoms with Gasteiger partial charge in [-0.2, -0.15) is 0 Å². The van der Waals surface area contributed by atoms with Gasteiger partial charge < -0.3 is 0 Å². The van der Waals surface area contributed by atoms with Gasteiger partial charge in [0.25, 0.3) is 0 Å². The second kappa shape index (κ2) is 6.13. The summed E-state index contributed by atoms with van der Waals surface area (Å²) in [5, 5.41) is 0. The highest BCUT2D eigenvalue weighted by Gasteiger charge is 2.16. The first-order valence-corrected chi connectivity index (χ1v) is 8.16. The van der Waals surface area contributed by atoms with Gasteiger partial charge in [-0.25, -0.2) is 0 Å². The summed E-state index contributed by atoms with van der Waals surface area (Å²) < 4.78 is 2.20. The molecule has 0 radical (unpaired) electrons. The van der Waals surface area contributed by atoms with E-state index >= 15 is 0 Å². The zero-order chi connectivity index (χ0) is 14.9. The van der Waals surface area contributed by atoms with Gasteiger partial charge in [-0.3, -0.25) is 0 Å². The van der Waals surface area contributed by atoms with Crippen molar-refractivity contribution in [3.8, 4) is 0 Å². The minimum Gasteiger partial charge on any atom is -0.0622 e. The Kier molecular flexibility index (Phi) is 4.69. The van der Waals surface area contributed by atoms with Crippen molar-refractivity contribution in [2.45, 2.75) is 34.6 Å². The second-order valence-electron chi connectivity index (χ2n) is 5.39. The van der Waals surface area contributed by atoms with Crippen LogP contribution in [0.4, 0.5) is 0 Å². The lowest BCUT2D eigenvalue weighted by molar-refractivity contribution is 1.16. The molecule has 2 aromatic carbocycles. The van der Waals surface area contributed by atoms with Crippen molar-refractivity contribution in [1.29, 1.82) is 0 Å². The zero-order valence-corrected chi connectivity index (χ0v) is 15.0. The van der Waals surface area contributed by atoms with E-state index in [0.717, 1.165) is 0 Å². The fourth-order valence-corrected chi connectivity index (χ4v) is 3.45. The SMILES string of the molecule is Cc1c(C)c(C)c(/C(=C/I)c2ccccc2)c(C)c1C. The second-order valence-corrected chi connectivity index (χ2v) is 6.01. The molecule has 0 unspecified atom stereocenters. The van der Waals surface area contributed by atoms with E-state index in [-0.39, 0.29) is 0 Å². The maximum absolute atomic E-state index is 2.36. The Balaban J connectivity index is 2.76. The third-order valence-electron chi connectivity index (χ3n) is 4.46. The average Bonchev–Trinajstić information content (AvgIpc) is 2.48. The summed E-state index contributed by atoms with van der Waals surface area (Å²) in [5.41, 5.74) is 11.1. The van der Waals surface area contributed by atoms with E-state index in [2.05, 4.69) is 91.6 Å². The predicted octanol–water partition coefficient (Wildman–Crippen LogP) is 6.05. The van der Waals surface area contributed by atoms with Crippen LogP contribution >= 0.6 is 22.6 Å². The standard InChI is InChI=1S/C19H21I/c1-12-13(2)15(4)19(16(5)14(12)3)18(11-20)17-9-7-6-8-10-17/h6-11H,1-5H3/b18-11+. The molecule has 0 saturated carbocycles. The van der Waals surface area contributed by atoms with Crippen molar-refractivity contribution in [3.05, 3.63) is 73.4 Å². The van der Waals surface area contributed by atoms with Crippen molar-refractivity contribution in [2.24, 2.45) is 0 Å². The van der Waals surface area contributed by atoms with Gasteiger partial charge in [0.1, 0.15) is 0 Å². The van der Waals surface area contributed by atoms with Crippen LogP contribution in [0.25, 0.3) is 5.57 Å². The molecule has 0 N–H and O–H groups in total. The van der Waals surface area contributed by atoms with Gasteiger partial charge in [-0.05, 0) is 83.2 Å². The van der Waals surface area contributed by atoms with Gasteiger partial charge in [0.15, 0.2) is 0 Å². The van der Waals surface area contributed by atoms with Crippen LogP contribution in [0.15, 0.2) is 34.4 Å². The van der Waals surface area contributed by atoms with Crippen LogP contribution in [0.2, 0.25) is 0 Å². The molecule has 0 aliphatic rings. The molecule has 0 fully saturated rings. The van der Waals surface area contributed by atoms with Crippen LogP contribution in [0.1, 0.15) is 38.9 Å². The maximum Gasteiger partial charge on any atom is -0.00452 e. The van der Waals surface area contributed by atoms with E-state index in [4.69, 9.17) is 0 Å². The molecule has 0 nitrogen and oxygen atoms in total. The Morgan fingerprint density at radius 1 is 0.750 bits per heavy atom. The van der Waals surface area contributed by atoms with Gasteiger partial charge in [0.2, 0.25) is 0 Å². The van der Waals surface area contributed by atoms with E-state index < -0.39 is 0 Å². The Morgan fingerprint density at radius 2 is 1.20 bits per heavy atom. The lowest BCUT2D eigenvalue weighted by Gasteiger charge is -2.20. The van der Waals surface area contributed by atoms with Crippen LogP contribution in [-0.4, -0.2) is 0 Å². The Hall–Kier alpha value is -1.09. The van der Waals surface area contributed by atoms with Gasteiger partial charge in [-0.1, -0.05) is 52.9 Å². The van der Waals surface area contributed by atoms with Gasteiger partial charge >= 0.3 is 0 Å². The average molecular weight is 376 g/mol. The molecule has 0 heterocycles. The molecule has 1 heteroatoms. The number of halogens is 1. The van der Waals surface area contributed by atoms with Crippen LogP contribution in [-0.2, 0) is 0 Å². The molecule has 0 aliphatic heterocycles. The number of hydrogen-bond acceptors (Lipinski definition) is 0. The third kappa shape index (κ3) is 2.56. The molecule has 2 aromatic rings. The molecule has 104 valence electrons.